The molecule has 0 aromatic carbocycles. The number of alkyl halides is 3. The summed E-state index contributed by atoms with van der Waals surface area (Å²) < 4.78 is 37.2. The van der Waals surface area contributed by atoms with Gasteiger partial charge in [0.1, 0.15) is 6.54 Å². The fraction of sp³-hybridized carbons (Fsp3) is 0.750. The highest BCUT2D eigenvalue weighted by Crippen LogP contribution is 2.26. The summed E-state index contributed by atoms with van der Waals surface area (Å²) >= 11 is 1.30. The van der Waals surface area contributed by atoms with Gasteiger partial charge in [0.15, 0.2) is 5.13 Å². The number of thiazole rings is 1. The average molecular weight is 295 g/mol. The minimum atomic E-state index is -4.20. The highest BCUT2D eigenvalue weighted by Gasteiger charge is 2.31. The third-order valence-electron chi connectivity index (χ3n) is 2.36. The molecular weight excluding hydrogens is 275 g/mol. The van der Waals surface area contributed by atoms with Crippen molar-refractivity contribution in [2.45, 2.75) is 46.0 Å². The van der Waals surface area contributed by atoms with E-state index in [2.05, 4.69) is 10.3 Å². The first-order valence-electron chi connectivity index (χ1n) is 6.12. The summed E-state index contributed by atoms with van der Waals surface area (Å²) in [5, 5.41) is 3.71. The molecule has 7 heteroatoms. The maximum absolute atomic E-state index is 12.4. The Bertz CT molecular complexity index is 396. The van der Waals surface area contributed by atoms with E-state index in [0.29, 0.717) is 18.2 Å². The highest BCUT2D eigenvalue weighted by molar-refractivity contribution is 7.15. The lowest BCUT2D eigenvalue weighted by Crippen LogP contribution is -2.34. The lowest BCUT2D eigenvalue weighted by molar-refractivity contribution is -0.119. The summed E-state index contributed by atoms with van der Waals surface area (Å²) in [5.41, 5.74) is -0.0272. The number of hydrogen-bond donors (Lipinski definition) is 1. The summed E-state index contributed by atoms with van der Waals surface area (Å²) in [7, 11) is 0. The van der Waals surface area contributed by atoms with E-state index in [1.165, 1.54) is 16.2 Å². The number of nitrogens with zero attached hydrogens (tertiary/aromatic N) is 2. The van der Waals surface area contributed by atoms with Crippen LogP contribution in [0.25, 0.3) is 0 Å². The Labute approximate surface area is 115 Å². The minimum absolute atomic E-state index is 0.0272. The van der Waals surface area contributed by atoms with Gasteiger partial charge < -0.3 is 10.2 Å². The molecule has 0 spiro atoms. The Kier molecular flexibility index (Phi) is 5.20. The monoisotopic (exact) mass is 295 g/mol. The molecule has 3 nitrogen and oxygen atoms in total. The van der Waals surface area contributed by atoms with Gasteiger partial charge in [-0.05, 0) is 27.7 Å². The predicted molar refractivity (Wildman–Crippen MR) is 72.6 cm³/mol. The molecule has 0 bridgehead atoms. The highest BCUT2D eigenvalue weighted by atomic mass is 32.1. The Hall–Kier alpha value is -0.820. The van der Waals surface area contributed by atoms with Crippen molar-refractivity contribution in [3.8, 4) is 0 Å². The molecule has 0 saturated heterocycles. The predicted octanol–water partition coefficient (Wildman–Crippen LogP) is 3.42. The molecule has 1 aromatic heterocycles. The lowest BCUT2D eigenvalue weighted by atomic mass is 10.1. The van der Waals surface area contributed by atoms with Gasteiger partial charge >= 0.3 is 6.18 Å². The van der Waals surface area contributed by atoms with E-state index < -0.39 is 12.7 Å². The van der Waals surface area contributed by atoms with Gasteiger partial charge in [-0.3, -0.25) is 0 Å². The Balaban J connectivity index is 2.66. The van der Waals surface area contributed by atoms with E-state index in [1.54, 1.807) is 13.1 Å². The molecule has 0 atom stereocenters. The zero-order valence-corrected chi connectivity index (χ0v) is 12.5. The van der Waals surface area contributed by atoms with Crippen molar-refractivity contribution < 1.29 is 13.2 Å². The molecule has 1 heterocycles. The summed E-state index contributed by atoms with van der Waals surface area (Å²) in [6, 6.07) is 0. The van der Waals surface area contributed by atoms with Crippen molar-refractivity contribution in [3.05, 3.63) is 11.1 Å². The third-order valence-corrected chi connectivity index (χ3v) is 3.41. The van der Waals surface area contributed by atoms with Crippen molar-refractivity contribution in [1.29, 1.82) is 0 Å². The van der Waals surface area contributed by atoms with Crippen molar-refractivity contribution in [1.82, 2.24) is 10.3 Å². The fourth-order valence-corrected chi connectivity index (χ4v) is 2.32. The number of rotatable bonds is 5. The van der Waals surface area contributed by atoms with Crippen LogP contribution >= 0.6 is 11.3 Å². The van der Waals surface area contributed by atoms with Crippen LogP contribution in [-0.2, 0) is 6.54 Å². The van der Waals surface area contributed by atoms with E-state index >= 15 is 0 Å². The van der Waals surface area contributed by atoms with E-state index in [9.17, 15) is 13.2 Å². The molecule has 19 heavy (non-hydrogen) atoms. The Morgan fingerprint density at radius 3 is 2.42 bits per heavy atom. The molecule has 1 N–H and O–H groups in total. The van der Waals surface area contributed by atoms with Gasteiger partial charge in [-0.15, -0.1) is 11.3 Å². The zero-order chi connectivity index (χ0) is 14.7. The van der Waals surface area contributed by atoms with Gasteiger partial charge in [0.2, 0.25) is 0 Å². The summed E-state index contributed by atoms with van der Waals surface area (Å²) in [5.74, 6) is 0. The maximum Gasteiger partial charge on any atom is 0.406 e. The average Bonchev–Trinajstić information content (AvgIpc) is 2.69. The topological polar surface area (TPSA) is 28.2 Å². The first kappa shape index (κ1) is 16.2. The van der Waals surface area contributed by atoms with Gasteiger partial charge in [-0.1, -0.05) is 0 Å². The molecule has 0 amide bonds. The van der Waals surface area contributed by atoms with Gasteiger partial charge in [0, 0.05) is 29.7 Å². The van der Waals surface area contributed by atoms with Crippen LogP contribution in [0.2, 0.25) is 0 Å². The summed E-state index contributed by atoms with van der Waals surface area (Å²) in [4.78, 5) is 6.25. The Morgan fingerprint density at radius 2 is 1.95 bits per heavy atom. The first-order chi connectivity index (χ1) is 8.61. The molecule has 0 aliphatic heterocycles. The molecular formula is C12H20F3N3S. The molecule has 1 rings (SSSR count). The van der Waals surface area contributed by atoms with Crippen molar-refractivity contribution in [2.24, 2.45) is 0 Å². The summed E-state index contributed by atoms with van der Waals surface area (Å²) in [6.45, 7) is 7.76. The molecule has 0 aliphatic carbocycles. The van der Waals surface area contributed by atoms with Crippen LogP contribution in [0.1, 0.15) is 32.6 Å². The fourth-order valence-electron chi connectivity index (χ4n) is 1.41. The van der Waals surface area contributed by atoms with Crippen LogP contribution in [0, 0.1) is 0 Å². The van der Waals surface area contributed by atoms with Crippen LogP contribution in [-0.4, -0.2) is 29.8 Å². The van der Waals surface area contributed by atoms with Gasteiger partial charge in [-0.2, -0.15) is 13.2 Å². The SMILES string of the molecule is CCN(CC(F)(F)F)c1ncc(CNC(C)(C)C)s1. The van der Waals surface area contributed by atoms with Crippen LogP contribution < -0.4 is 10.2 Å². The van der Waals surface area contributed by atoms with Crippen LogP contribution in [0.15, 0.2) is 6.20 Å². The van der Waals surface area contributed by atoms with Crippen LogP contribution in [0.5, 0.6) is 0 Å². The standard InChI is InChI=1S/C12H20F3N3S/c1-5-18(8-12(13,14)15)10-16-6-9(19-10)7-17-11(2,3)4/h6,17H,5,7-8H2,1-4H3. The van der Waals surface area contributed by atoms with Crippen LogP contribution in [0.3, 0.4) is 0 Å². The van der Waals surface area contributed by atoms with Crippen LogP contribution in [0.4, 0.5) is 18.3 Å². The normalized spacial score (nSPS) is 12.8. The lowest BCUT2D eigenvalue weighted by Gasteiger charge is -2.21. The molecule has 110 valence electrons. The number of anilines is 1. The van der Waals surface area contributed by atoms with Crippen molar-refractivity contribution in [2.75, 3.05) is 18.0 Å². The second kappa shape index (κ2) is 6.09. The van der Waals surface area contributed by atoms with Gasteiger partial charge in [0.25, 0.3) is 0 Å². The minimum Gasteiger partial charge on any atom is -0.339 e. The largest absolute Gasteiger partial charge is 0.406 e. The Morgan fingerprint density at radius 1 is 1.32 bits per heavy atom. The quantitative estimate of drug-likeness (QED) is 0.902. The molecule has 0 fully saturated rings. The smallest absolute Gasteiger partial charge is 0.339 e. The van der Waals surface area contributed by atoms with E-state index in [-0.39, 0.29) is 5.54 Å². The van der Waals surface area contributed by atoms with Gasteiger partial charge in [0.05, 0.1) is 0 Å². The van der Waals surface area contributed by atoms with E-state index in [1.807, 2.05) is 20.8 Å². The molecule has 0 unspecified atom stereocenters. The first-order valence-corrected chi connectivity index (χ1v) is 6.94. The molecule has 0 aliphatic rings. The zero-order valence-electron chi connectivity index (χ0n) is 11.6. The number of hydrogen-bond acceptors (Lipinski definition) is 4. The molecule has 1 aromatic rings. The van der Waals surface area contributed by atoms with Crippen molar-refractivity contribution >= 4 is 16.5 Å². The van der Waals surface area contributed by atoms with Gasteiger partial charge in [-0.25, -0.2) is 4.98 Å². The summed E-state index contributed by atoms with van der Waals surface area (Å²) in [6.07, 6.45) is -2.57. The van der Waals surface area contributed by atoms with E-state index in [0.717, 1.165) is 4.88 Å². The second-order valence-corrected chi connectivity index (χ2v) is 6.44. The molecule has 0 radical (unpaired) electrons. The number of nitrogens with one attached hydrogen (secondary N) is 1. The number of aromatic nitrogens is 1. The van der Waals surface area contributed by atoms with E-state index in [4.69, 9.17) is 0 Å². The molecule has 0 saturated carbocycles. The third kappa shape index (κ3) is 6.24. The van der Waals surface area contributed by atoms with Crippen molar-refractivity contribution in [3.63, 3.8) is 0 Å². The number of halogens is 3. The second-order valence-electron chi connectivity index (χ2n) is 5.34. The maximum atomic E-state index is 12.4.